The van der Waals surface area contributed by atoms with E-state index in [2.05, 4.69) is 20.9 Å². The SMILES string of the molecule is COc1cc2sc(Br)nc2cc1CO. The number of rotatable bonds is 2. The van der Waals surface area contributed by atoms with E-state index in [0.717, 1.165) is 19.7 Å². The van der Waals surface area contributed by atoms with Crippen molar-refractivity contribution < 1.29 is 9.84 Å². The van der Waals surface area contributed by atoms with Crippen LogP contribution >= 0.6 is 27.3 Å². The van der Waals surface area contributed by atoms with Crippen LogP contribution in [0.3, 0.4) is 0 Å². The number of thiazole rings is 1. The van der Waals surface area contributed by atoms with Crippen molar-refractivity contribution in [2.24, 2.45) is 0 Å². The van der Waals surface area contributed by atoms with Crippen molar-refractivity contribution in [3.05, 3.63) is 21.6 Å². The summed E-state index contributed by atoms with van der Waals surface area (Å²) in [6.45, 7) is -0.0335. The van der Waals surface area contributed by atoms with Crippen molar-refractivity contribution in [1.29, 1.82) is 0 Å². The molecule has 0 saturated heterocycles. The molecule has 74 valence electrons. The van der Waals surface area contributed by atoms with Crippen LogP contribution < -0.4 is 4.74 Å². The van der Waals surface area contributed by atoms with Gasteiger partial charge in [-0.05, 0) is 28.1 Å². The van der Waals surface area contributed by atoms with E-state index in [1.165, 1.54) is 0 Å². The molecule has 0 saturated carbocycles. The third-order valence-corrected chi connectivity index (χ3v) is 3.40. The summed E-state index contributed by atoms with van der Waals surface area (Å²) in [6, 6.07) is 3.73. The topological polar surface area (TPSA) is 42.4 Å². The average Bonchev–Trinajstić information content (AvgIpc) is 2.54. The number of fused-ring (bicyclic) bond motifs is 1. The fourth-order valence-corrected chi connectivity index (χ4v) is 2.70. The standard InChI is InChI=1S/C9H8BrNO2S/c1-13-7-3-8-6(2-5(7)4-12)11-9(10)14-8/h2-3,12H,4H2,1H3. The minimum Gasteiger partial charge on any atom is -0.496 e. The number of methoxy groups -OCH3 is 1. The Balaban J connectivity index is 2.68. The number of hydrogen-bond acceptors (Lipinski definition) is 4. The van der Waals surface area contributed by atoms with Crippen molar-refractivity contribution in [2.45, 2.75) is 6.61 Å². The third kappa shape index (κ3) is 1.63. The minimum atomic E-state index is -0.0335. The molecule has 0 bridgehead atoms. The number of aliphatic hydroxyl groups excluding tert-OH is 1. The van der Waals surface area contributed by atoms with Crippen LogP contribution in [0.1, 0.15) is 5.56 Å². The van der Waals surface area contributed by atoms with Gasteiger partial charge in [0.15, 0.2) is 3.92 Å². The molecule has 0 aliphatic heterocycles. The van der Waals surface area contributed by atoms with Gasteiger partial charge in [0.05, 0.1) is 23.9 Å². The fraction of sp³-hybridized carbons (Fsp3) is 0.222. The van der Waals surface area contributed by atoms with Crippen molar-refractivity contribution >= 4 is 37.5 Å². The highest BCUT2D eigenvalue weighted by Crippen LogP contribution is 2.31. The Morgan fingerprint density at radius 1 is 1.57 bits per heavy atom. The molecule has 3 nitrogen and oxygen atoms in total. The van der Waals surface area contributed by atoms with E-state index in [1.807, 2.05) is 12.1 Å². The highest BCUT2D eigenvalue weighted by molar-refractivity contribution is 9.11. The van der Waals surface area contributed by atoms with E-state index in [0.29, 0.717) is 5.75 Å². The molecule has 2 aromatic rings. The minimum absolute atomic E-state index is 0.0335. The monoisotopic (exact) mass is 273 g/mol. The van der Waals surface area contributed by atoms with Gasteiger partial charge in [0, 0.05) is 5.56 Å². The molecule has 0 unspecified atom stereocenters. The molecule has 1 aromatic carbocycles. The second kappa shape index (κ2) is 3.84. The highest BCUT2D eigenvalue weighted by Gasteiger charge is 2.08. The first-order valence-electron chi connectivity index (χ1n) is 3.98. The first-order valence-corrected chi connectivity index (χ1v) is 5.59. The number of hydrogen-bond donors (Lipinski definition) is 1. The molecule has 1 N–H and O–H groups in total. The van der Waals surface area contributed by atoms with Crippen molar-refractivity contribution in [2.75, 3.05) is 7.11 Å². The lowest BCUT2D eigenvalue weighted by Crippen LogP contribution is -1.91. The predicted octanol–water partition coefficient (Wildman–Crippen LogP) is 2.56. The normalized spacial score (nSPS) is 10.8. The Morgan fingerprint density at radius 3 is 3.00 bits per heavy atom. The average molecular weight is 274 g/mol. The van der Waals surface area contributed by atoms with Gasteiger partial charge in [-0.2, -0.15) is 0 Å². The molecule has 0 amide bonds. The molecule has 0 radical (unpaired) electrons. The van der Waals surface area contributed by atoms with E-state index in [4.69, 9.17) is 9.84 Å². The Bertz CT molecular complexity index is 428. The summed E-state index contributed by atoms with van der Waals surface area (Å²) in [4.78, 5) is 4.27. The van der Waals surface area contributed by atoms with Crippen molar-refractivity contribution in [3.63, 3.8) is 0 Å². The number of benzene rings is 1. The van der Waals surface area contributed by atoms with Crippen LogP contribution in [-0.2, 0) is 6.61 Å². The van der Waals surface area contributed by atoms with E-state index in [-0.39, 0.29) is 6.61 Å². The molecule has 0 aliphatic carbocycles. The van der Waals surface area contributed by atoms with Gasteiger partial charge in [-0.15, -0.1) is 11.3 Å². The maximum Gasteiger partial charge on any atom is 0.160 e. The fourth-order valence-electron chi connectivity index (χ4n) is 1.28. The second-order valence-corrected chi connectivity index (χ2v) is 5.06. The van der Waals surface area contributed by atoms with Crippen LogP contribution in [0.15, 0.2) is 16.0 Å². The van der Waals surface area contributed by atoms with E-state index in [1.54, 1.807) is 18.4 Å². The molecule has 2 rings (SSSR count). The van der Waals surface area contributed by atoms with E-state index >= 15 is 0 Å². The molecule has 0 spiro atoms. The van der Waals surface area contributed by atoms with Gasteiger partial charge in [0.25, 0.3) is 0 Å². The van der Waals surface area contributed by atoms with Gasteiger partial charge < -0.3 is 9.84 Å². The lowest BCUT2D eigenvalue weighted by atomic mass is 10.2. The van der Waals surface area contributed by atoms with Crippen LogP contribution in [0, 0.1) is 0 Å². The second-order valence-electron chi connectivity index (χ2n) is 2.76. The van der Waals surface area contributed by atoms with Crippen LogP contribution in [0.25, 0.3) is 10.2 Å². The molecule has 0 aliphatic rings. The van der Waals surface area contributed by atoms with Gasteiger partial charge in [0.2, 0.25) is 0 Å². The summed E-state index contributed by atoms with van der Waals surface area (Å²) >= 11 is 4.87. The van der Waals surface area contributed by atoms with Crippen molar-refractivity contribution in [1.82, 2.24) is 4.98 Å². The molecular weight excluding hydrogens is 266 g/mol. The maximum atomic E-state index is 9.10. The molecule has 1 heterocycles. The molecule has 1 aromatic heterocycles. The van der Waals surface area contributed by atoms with Gasteiger partial charge in [-0.3, -0.25) is 0 Å². The summed E-state index contributed by atoms with van der Waals surface area (Å²) in [6.07, 6.45) is 0. The lowest BCUT2D eigenvalue weighted by molar-refractivity contribution is 0.274. The Labute approximate surface area is 93.5 Å². The largest absolute Gasteiger partial charge is 0.496 e. The first kappa shape index (κ1) is 9.89. The zero-order chi connectivity index (χ0) is 10.1. The van der Waals surface area contributed by atoms with Crippen molar-refractivity contribution in [3.8, 4) is 5.75 Å². The molecule has 14 heavy (non-hydrogen) atoms. The number of aliphatic hydroxyl groups is 1. The Kier molecular flexibility index (Phi) is 2.71. The number of nitrogens with zero attached hydrogens (tertiary/aromatic N) is 1. The third-order valence-electron chi connectivity index (χ3n) is 1.93. The Morgan fingerprint density at radius 2 is 2.36 bits per heavy atom. The summed E-state index contributed by atoms with van der Waals surface area (Å²) in [5.74, 6) is 0.705. The number of ether oxygens (including phenoxy) is 1. The summed E-state index contributed by atoms with van der Waals surface area (Å²) in [7, 11) is 1.59. The van der Waals surface area contributed by atoms with Gasteiger partial charge in [-0.1, -0.05) is 0 Å². The molecule has 0 fully saturated rings. The van der Waals surface area contributed by atoms with Crippen LogP contribution in [-0.4, -0.2) is 17.2 Å². The van der Waals surface area contributed by atoms with Gasteiger partial charge >= 0.3 is 0 Å². The number of aromatic nitrogens is 1. The van der Waals surface area contributed by atoms with E-state index in [9.17, 15) is 0 Å². The summed E-state index contributed by atoms with van der Waals surface area (Å²) in [5, 5.41) is 9.10. The van der Waals surface area contributed by atoms with Crippen LogP contribution in [0.5, 0.6) is 5.75 Å². The zero-order valence-corrected chi connectivity index (χ0v) is 9.85. The summed E-state index contributed by atoms with van der Waals surface area (Å²) in [5.41, 5.74) is 1.64. The maximum absolute atomic E-state index is 9.10. The quantitative estimate of drug-likeness (QED) is 0.915. The van der Waals surface area contributed by atoms with Gasteiger partial charge in [-0.25, -0.2) is 4.98 Å². The predicted molar refractivity (Wildman–Crippen MR) is 59.8 cm³/mol. The Hall–Kier alpha value is -0.650. The number of halogens is 1. The summed E-state index contributed by atoms with van der Waals surface area (Å²) < 4.78 is 7.04. The zero-order valence-electron chi connectivity index (χ0n) is 7.45. The van der Waals surface area contributed by atoms with Crippen LogP contribution in [0.2, 0.25) is 0 Å². The van der Waals surface area contributed by atoms with E-state index < -0.39 is 0 Å². The highest BCUT2D eigenvalue weighted by atomic mass is 79.9. The first-order chi connectivity index (χ1) is 6.74. The molecule has 5 heteroatoms. The van der Waals surface area contributed by atoms with Crippen LogP contribution in [0.4, 0.5) is 0 Å². The van der Waals surface area contributed by atoms with Gasteiger partial charge in [0.1, 0.15) is 5.75 Å². The lowest BCUT2D eigenvalue weighted by Gasteiger charge is -2.04. The smallest absolute Gasteiger partial charge is 0.160 e. The molecular formula is C9H8BrNO2S. The molecule has 0 atom stereocenters.